The van der Waals surface area contributed by atoms with Crippen LogP contribution in [0.4, 0.5) is 5.69 Å². The summed E-state index contributed by atoms with van der Waals surface area (Å²) in [5.74, 6) is 0.438. The lowest BCUT2D eigenvalue weighted by Gasteiger charge is -2.25. The van der Waals surface area contributed by atoms with Crippen LogP contribution in [0.15, 0.2) is 99.9 Å². The van der Waals surface area contributed by atoms with Crippen molar-refractivity contribution in [2.45, 2.75) is 26.8 Å². The average molecular weight is 510 g/mol. The number of hydrogen-bond acceptors (Lipinski definition) is 5. The Hall–Kier alpha value is -4.23. The number of nitrogens with zero attached hydrogens (tertiary/aromatic N) is 2. The zero-order valence-electron chi connectivity index (χ0n) is 20.9. The predicted molar refractivity (Wildman–Crippen MR) is 148 cm³/mol. The first-order valence-corrected chi connectivity index (χ1v) is 12.9. The average Bonchev–Trinajstić information content (AvgIpc) is 3.18. The van der Waals surface area contributed by atoms with Gasteiger partial charge in [0.15, 0.2) is 4.80 Å². The van der Waals surface area contributed by atoms with Crippen molar-refractivity contribution in [3.8, 4) is 5.75 Å². The minimum atomic E-state index is -0.629. The molecule has 7 heteroatoms. The molecule has 0 saturated carbocycles. The van der Waals surface area contributed by atoms with Gasteiger partial charge in [0.2, 0.25) is 0 Å². The number of allylic oxidation sites excluding steroid dienone is 1. The van der Waals surface area contributed by atoms with Crippen LogP contribution >= 0.6 is 11.3 Å². The molecule has 0 saturated heterocycles. The summed E-state index contributed by atoms with van der Waals surface area (Å²) >= 11 is 1.33. The lowest BCUT2D eigenvalue weighted by Crippen LogP contribution is -2.40. The summed E-state index contributed by atoms with van der Waals surface area (Å²) < 4.78 is 7.82. The smallest absolute Gasteiger partial charge is 0.271 e. The van der Waals surface area contributed by atoms with Crippen molar-refractivity contribution in [2.75, 3.05) is 11.9 Å². The zero-order chi connectivity index (χ0) is 25.9. The topological polar surface area (TPSA) is 72.7 Å². The molecule has 4 aromatic rings. The number of benzene rings is 3. The van der Waals surface area contributed by atoms with Gasteiger partial charge in [-0.3, -0.25) is 14.2 Å². The number of aromatic nitrogens is 1. The number of carbonyl (C=O) groups excluding carboxylic acids is 1. The molecule has 2 heterocycles. The van der Waals surface area contributed by atoms with Gasteiger partial charge in [-0.15, -0.1) is 0 Å². The molecule has 0 unspecified atom stereocenters. The minimum Gasteiger partial charge on any atom is -0.494 e. The van der Waals surface area contributed by atoms with E-state index in [1.165, 1.54) is 11.3 Å². The Morgan fingerprint density at radius 1 is 1.05 bits per heavy atom. The number of thiazole rings is 1. The van der Waals surface area contributed by atoms with E-state index in [-0.39, 0.29) is 11.5 Å². The van der Waals surface area contributed by atoms with Crippen LogP contribution in [0, 0.1) is 6.92 Å². The second kappa shape index (κ2) is 10.4. The summed E-state index contributed by atoms with van der Waals surface area (Å²) in [5.41, 5.74) is 4.37. The van der Waals surface area contributed by atoms with Crippen molar-refractivity contribution >= 4 is 29.0 Å². The summed E-state index contributed by atoms with van der Waals surface area (Å²) in [5, 5.41) is 2.98. The number of carbonyl (C=O) groups is 1. The van der Waals surface area contributed by atoms with E-state index >= 15 is 0 Å². The van der Waals surface area contributed by atoms with E-state index in [2.05, 4.69) is 5.32 Å². The molecule has 0 bridgehead atoms. The highest BCUT2D eigenvalue weighted by atomic mass is 32.1. The number of nitrogens with one attached hydrogen (secondary N) is 1. The molecular weight excluding hydrogens is 482 g/mol. The van der Waals surface area contributed by atoms with Crippen molar-refractivity contribution in [2.24, 2.45) is 4.99 Å². The Labute approximate surface area is 218 Å². The summed E-state index contributed by atoms with van der Waals surface area (Å²) in [6.07, 6.45) is 1.88. The highest BCUT2D eigenvalue weighted by molar-refractivity contribution is 7.07. The lowest BCUT2D eigenvalue weighted by atomic mass is 9.95. The Kier molecular flexibility index (Phi) is 6.88. The molecule has 1 amide bonds. The maximum Gasteiger partial charge on any atom is 0.271 e. The van der Waals surface area contributed by atoms with Gasteiger partial charge in [-0.05, 0) is 62.2 Å². The molecule has 186 valence electrons. The zero-order valence-corrected chi connectivity index (χ0v) is 21.7. The number of amides is 1. The van der Waals surface area contributed by atoms with Crippen LogP contribution < -0.4 is 24.9 Å². The monoisotopic (exact) mass is 509 g/mol. The number of aryl methyl sites for hydroxylation is 1. The van der Waals surface area contributed by atoms with E-state index in [9.17, 15) is 9.59 Å². The van der Waals surface area contributed by atoms with Gasteiger partial charge in [-0.25, -0.2) is 4.99 Å². The number of rotatable bonds is 6. The molecule has 0 aliphatic carbocycles. The van der Waals surface area contributed by atoms with E-state index < -0.39 is 6.04 Å². The fourth-order valence-electron chi connectivity index (χ4n) is 4.47. The summed E-state index contributed by atoms with van der Waals surface area (Å²) in [4.78, 5) is 32.7. The van der Waals surface area contributed by atoms with Crippen molar-refractivity contribution < 1.29 is 9.53 Å². The normalized spacial score (nSPS) is 15.2. The van der Waals surface area contributed by atoms with E-state index in [1.54, 1.807) is 4.57 Å². The lowest BCUT2D eigenvalue weighted by molar-refractivity contribution is -0.113. The Morgan fingerprint density at radius 2 is 1.81 bits per heavy atom. The molecule has 0 fully saturated rings. The summed E-state index contributed by atoms with van der Waals surface area (Å²) in [7, 11) is 0. The number of ether oxygens (including phenoxy) is 1. The molecule has 0 spiro atoms. The Morgan fingerprint density at radius 3 is 2.51 bits per heavy atom. The van der Waals surface area contributed by atoms with Gasteiger partial charge in [0.25, 0.3) is 11.5 Å². The summed E-state index contributed by atoms with van der Waals surface area (Å²) in [6, 6.07) is 24.2. The molecule has 37 heavy (non-hydrogen) atoms. The van der Waals surface area contributed by atoms with Crippen LogP contribution in [-0.4, -0.2) is 17.1 Å². The fourth-order valence-corrected chi connectivity index (χ4v) is 5.52. The molecule has 1 aliphatic heterocycles. The number of para-hydroxylation sites is 1. The van der Waals surface area contributed by atoms with Gasteiger partial charge < -0.3 is 10.1 Å². The van der Waals surface area contributed by atoms with Crippen molar-refractivity contribution in [1.29, 1.82) is 0 Å². The van der Waals surface area contributed by atoms with Crippen LogP contribution in [0.5, 0.6) is 5.75 Å². The second-order valence-corrected chi connectivity index (χ2v) is 9.83. The third kappa shape index (κ3) is 5.04. The van der Waals surface area contributed by atoms with Gasteiger partial charge >= 0.3 is 0 Å². The maximum atomic E-state index is 13.8. The van der Waals surface area contributed by atoms with Gasteiger partial charge in [0.1, 0.15) is 5.75 Å². The molecule has 1 N–H and O–H groups in total. The highest BCUT2D eigenvalue weighted by Crippen LogP contribution is 2.31. The molecule has 1 atom stereocenters. The first-order valence-electron chi connectivity index (χ1n) is 12.1. The molecule has 0 radical (unpaired) electrons. The number of fused-ring (bicyclic) bond motifs is 1. The van der Waals surface area contributed by atoms with Crippen LogP contribution in [0.25, 0.3) is 6.08 Å². The van der Waals surface area contributed by atoms with Gasteiger partial charge in [0.05, 0.1) is 28.5 Å². The Balaban J connectivity index is 1.66. The molecule has 1 aliphatic rings. The third-order valence-corrected chi connectivity index (χ3v) is 7.13. The minimum absolute atomic E-state index is 0.179. The standard InChI is InChI=1S/C30H27N3O3S/c1-4-36-24-15-13-22(14-16-24)27-26(28(34)32-23-11-6-5-7-12-23)20(3)31-30-33(27)29(35)25(37-30)18-21-10-8-9-19(2)17-21/h5-18,27H,4H2,1-3H3,(H,32,34)/b25-18+/t27-/m0/s1. The highest BCUT2D eigenvalue weighted by Gasteiger charge is 2.32. The van der Waals surface area contributed by atoms with E-state index in [0.29, 0.717) is 32.9 Å². The first kappa shape index (κ1) is 24.5. The van der Waals surface area contributed by atoms with Crippen molar-refractivity contribution in [3.05, 3.63) is 127 Å². The van der Waals surface area contributed by atoms with Gasteiger partial charge in [-0.1, -0.05) is 71.5 Å². The largest absolute Gasteiger partial charge is 0.494 e. The van der Waals surface area contributed by atoms with E-state index in [1.807, 2.05) is 106 Å². The molecule has 1 aromatic heterocycles. The Bertz CT molecular complexity index is 1670. The van der Waals surface area contributed by atoms with Crippen molar-refractivity contribution in [3.63, 3.8) is 0 Å². The van der Waals surface area contributed by atoms with Crippen LogP contribution in [0.2, 0.25) is 0 Å². The molecular formula is C30H27N3O3S. The number of anilines is 1. The first-order chi connectivity index (χ1) is 17.9. The fraction of sp³-hybridized carbons (Fsp3) is 0.167. The van der Waals surface area contributed by atoms with E-state index in [4.69, 9.17) is 9.73 Å². The number of hydrogen-bond donors (Lipinski definition) is 1. The van der Waals surface area contributed by atoms with Crippen molar-refractivity contribution in [1.82, 2.24) is 4.57 Å². The quantitative estimate of drug-likeness (QED) is 0.414. The van der Waals surface area contributed by atoms with Gasteiger partial charge in [0, 0.05) is 5.69 Å². The van der Waals surface area contributed by atoms with Crippen LogP contribution in [0.3, 0.4) is 0 Å². The van der Waals surface area contributed by atoms with Crippen LogP contribution in [0.1, 0.15) is 36.6 Å². The maximum absolute atomic E-state index is 13.8. The molecule has 6 nitrogen and oxygen atoms in total. The van der Waals surface area contributed by atoms with Gasteiger partial charge in [-0.2, -0.15) is 0 Å². The predicted octanol–water partition coefficient (Wildman–Crippen LogP) is 4.58. The molecule has 3 aromatic carbocycles. The molecule has 5 rings (SSSR count). The third-order valence-electron chi connectivity index (χ3n) is 6.14. The SMILES string of the molecule is CCOc1ccc([C@H]2C(C(=O)Nc3ccccc3)=C(C)N=c3s/c(=C/c4cccc(C)c4)c(=O)n32)cc1. The second-order valence-electron chi connectivity index (χ2n) is 8.82. The van der Waals surface area contributed by atoms with Crippen LogP contribution in [-0.2, 0) is 4.79 Å². The van der Waals surface area contributed by atoms with E-state index in [0.717, 1.165) is 22.4 Å². The summed E-state index contributed by atoms with van der Waals surface area (Å²) in [6.45, 7) is 6.32.